The second kappa shape index (κ2) is 24.9. The molecule has 1 unspecified atom stereocenters. The van der Waals surface area contributed by atoms with Crippen LogP contribution >= 0.6 is 21.6 Å². The first-order valence-electron chi connectivity index (χ1n) is 26.3. The second-order valence-corrected chi connectivity index (χ2v) is 24.9. The van der Waals surface area contributed by atoms with Gasteiger partial charge in [-0.3, -0.25) is 14.4 Å². The molecular formula is C52H79F2N3O13S2. The number of Topliss-reactive ketones (excluding diaryl/α,β-unsaturated/α-hetero) is 1. The van der Waals surface area contributed by atoms with Crippen molar-refractivity contribution in [3.05, 3.63) is 23.8 Å². The standard InChI is InChI=1S/C52H79F2N3O13S2/c1-6-11-45-69-43-28-37-38-27-40(53)39-26-33(58)14-15-49(39,4)51(38,54)41(59)29-50(37,5)52(43,70-45)42(60)32-68-47(63)57-18-25-71-72-48(2,3)30-44(61)55-16-19-64-21-23-66-24-22-65-20-17-56-46(62)67-31-36-34-12-9-7-8-10-13-35(34)36/h14-15,26,34-38,40-41,43,45,59H,6-13,16-25,27-32H2,1-5H3,(H,55,61)(H,56,62)(H,57,63)/t34-,35+,36-,37-,38-,40-,41-,43+,45?,49-,50-,51-,52+/m0/s1. The van der Waals surface area contributed by atoms with Gasteiger partial charge in [-0.2, -0.15) is 0 Å². The molecule has 1 heterocycles. The van der Waals surface area contributed by atoms with Gasteiger partial charge in [0.05, 0.1) is 58.5 Å². The number of alkyl carbamates (subject to hydrolysis) is 2. The average Bonchev–Trinajstić information content (AvgIpc) is 3.70. The number of nitrogens with one attached hydrogen (secondary N) is 3. The van der Waals surface area contributed by atoms with Gasteiger partial charge in [0.25, 0.3) is 0 Å². The summed E-state index contributed by atoms with van der Waals surface area (Å²) < 4.78 is 73.8. The van der Waals surface area contributed by atoms with E-state index in [1.165, 1.54) is 79.2 Å². The van der Waals surface area contributed by atoms with E-state index in [0.29, 0.717) is 83.9 Å². The molecule has 5 saturated carbocycles. The van der Waals surface area contributed by atoms with E-state index < -0.39 is 87.6 Å². The monoisotopic (exact) mass is 1060 g/mol. The van der Waals surface area contributed by atoms with Gasteiger partial charge in [-0.1, -0.05) is 73.6 Å². The number of rotatable bonds is 26. The summed E-state index contributed by atoms with van der Waals surface area (Å²) in [5, 5.41) is 20.1. The van der Waals surface area contributed by atoms with Crippen LogP contribution in [0, 0.1) is 40.4 Å². The van der Waals surface area contributed by atoms with Gasteiger partial charge in [-0.05, 0) is 101 Å². The predicted molar refractivity (Wildman–Crippen MR) is 267 cm³/mol. The highest BCUT2D eigenvalue weighted by atomic mass is 33.1. The quantitative estimate of drug-likeness (QED) is 0.0502. The number of hydrogen-bond acceptors (Lipinski definition) is 15. The molecule has 72 heavy (non-hydrogen) atoms. The summed E-state index contributed by atoms with van der Waals surface area (Å²) in [5.41, 5.74) is -6.77. The molecule has 0 aromatic heterocycles. The smallest absolute Gasteiger partial charge is 0.407 e. The molecule has 0 aromatic rings. The summed E-state index contributed by atoms with van der Waals surface area (Å²) in [4.78, 5) is 64.3. The van der Waals surface area contributed by atoms with Gasteiger partial charge in [0.15, 0.2) is 29.9 Å². The number of aliphatic hydroxyl groups is 1. The minimum atomic E-state index is -2.33. The van der Waals surface area contributed by atoms with Crippen LogP contribution in [0.1, 0.15) is 112 Å². The molecule has 6 fully saturated rings. The molecule has 1 saturated heterocycles. The largest absolute Gasteiger partial charge is 0.449 e. The van der Waals surface area contributed by atoms with Gasteiger partial charge in [-0.25, -0.2) is 18.4 Å². The summed E-state index contributed by atoms with van der Waals surface area (Å²) in [6, 6.07) is 0. The number of ketones is 2. The third-order valence-electron chi connectivity index (χ3n) is 16.6. The van der Waals surface area contributed by atoms with Crippen molar-refractivity contribution < 1.29 is 71.0 Å². The van der Waals surface area contributed by atoms with Gasteiger partial charge in [0.1, 0.15) is 6.17 Å². The Kier molecular flexibility index (Phi) is 19.6. The van der Waals surface area contributed by atoms with Crippen LogP contribution in [-0.4, -0.2) is 154 Å². The molecule has 3 amide bonds. The summed E-state index contributed by atoms with van der Waals surface area (Å²) in [5.74, 6) is -0.293. The van der Waals surface area contributed by atoms with E-state index in [-0.39, 0.29) is 49.8 Å². The zero-order valence-corrected chi connectivity index (χ0v) is 44.5. The Bertz CT molecular complexity index is 1970. The van der Waals surface area contributed by atoms with Crippen LogP contribution in [0.25, 0.3) is 0 Å². The van der Waals surface area contributed by atoms with Crippen molar-refractivity contribution in [2.45, 2.75) is 152 Å². The van der Waals surface area contributed by atoms with Gasteiger partial charge in [0, 0.05) is 53.3 Å². The molecule has 7 aliphatic rings. The third-order valence-corrected chi connectivity index (χ3v) is 19.9. The fourth-order valence-corrected chi connectivity index (χ4v) is 15.5. The fourth-order valence-electron chi connectivity index (χ4n) is 13.0. The number of aliphatic hydroxyl groups excluding tert-OH is 1. The molecule has 1 aliphatic heterocycles. The van der Waals surface area contributed by atoms with Crippen LogP contribution in [0.4, 0.5) is 18.4 Å². The predicted octanol–water partition coefficient (Wildman–Crippen LogP) is 7.15. The van der Waals surface area contributed by atoms with Crippen LogP contribution in [0.3, 0.4) is 0 Å². The van der Waals surface area contributed by atoms with Gasteiger partial charge >= 0.3 is 12.2 Å². The molecular weight excluding hydrogens is 977 g/mol. The summed E-state index contributed by atoms with van der Waals surface area (Å²) in [6.07, 6.45) is 6.60. The Balaban J connectivity index is 0.727. The van der Waals surface area contributed by atoms with Gasteiger partial charge in [0.2, 0.25) is 11.7 Å². The molecule has 406 valence electrons. The first-order valence-corrected chi connectivity index (χ1v) is 28.7. The molecule has 4 N–H and O–H groups in total. The Morgan fingerprint density at radius 1 is 0.875 bits per heavy atom. The lowest BCUT2D eigenvalue weighted by molar-refractivity contribution is -0.234. The summed E-state index contributed by atoms with van der Waals surface area (Å²) >= 11 is 0. The van der Waals surface area contributed by atoms with Gasteiger partial charge < -0.3 is 54.2 Å². The number of alkyl halides is 2. The van der Waals surface area contributed by atoms with E-state index in [4.69, 9.17) is 33.2 Å². The van der Waals surface area contributed by atoms with Crippen LogP contribution in [0.2, 0.25) is 0 Å². The van der Waals surface area contributed by atoms with E-state index in [1.807, 2.05) is 20.8 Å². The van der Waals surface area contributed by atoms with Crippen molar-refractivity contribution in [2.75, 3.05) is 78.2 Å². The molecule has 0 bridgehead atoms. The lowest BCUT2D eigenvalue weighted by Gasteiger charge is -2.63. The first-order chi connectivity index (χ1) is 34.4. The SMILES string of the molecule is CCCC1O[C@@H]2C[C@H]3[C@@H]4C[C@H](F)C5=CC(=O)C=C[C@]5(C)[C@@]4(F)[C@@H](O)C[C@]3(C)[C@]2(C(=O)COC(=O)NCCSSC(C)(C)CC(=O)NCCOCCOCCOCCNC(=O)OC[C@@H]2[C@@H]3CCCCCC[C@@H]32)O1. The molecule has 0 radical (unpaired) electrons. The van der Waals surface area contributed by atoms with Crippen molar-refractivity contribution >= 4 is 51.2 Å². The summed E-state index contributed by atoms with van der Waals surface area (Å²) in [7, 11) is 2.98. The average molecular weight is 1060 g/mol. The van der Waals surface area contributed by atoms with Crippen molar-refractivity contribution in [2.24, 2.45) is 40.4 Å². The maximum atomic E-state index is 17.8. The third kappa shape index (κ3) is 12.5. The zero-order chi connectivity index (χ0) is 51.7. The van der Waals surface area contributed by atoms with Crippen LogP contribution in [0.15, 0.2) is 23.8 Å². The molecule has 0 aromatic carbocycles. The fraction of sp³-hybridized carbons (Fsp3) is 0.827. The number of carbonyl (C=O) groups is 5. The maximum Gasteiger partial charge on any atom is 0.407 e. The molecule has 13 atom stereocenters. The molecule has 6 aliphatic carbocycles. The number of halogens is 2. The number of fused-ring (bicyclic) bond motifs is 8. The number of ether oxygens (including phenoxy) is 7. The van der Waals surface area contributed by atoms with E-state index >= 15 is 8.78 Å². The number of carbonyl (C=O) groups excluding carboxylic acids is 5. The normalized spacial score (nSPS) is 35.5. The summed E-state index contributed by atoms with van der Waals surface area (Å²) in [6.45, 7) is 12.2. The highest BCUT2D eigenvalue weighted by molar-refractivity contribution is 8.77. The van der Waals surface area contributed by atoms with Crippen LogP contribution < -0.4 is 16.0 Å². The Morgan fingerprint density at radius 2 is 1.51 bits per heavy atom. The minimum absolute atomic E-state index is 0.0167. The Labute approximate surface area is 431 Å². The second-order valence-electron chi connectivity index (χ2n) is 21.8. The van der Waals surface area contributed by atoms with Crippen molar-refractivity contribution in [1.29, 1.82) is 0 Å². The molecule has 20 heteroatoms. The zero-order valence-electron chi connectivity index (χ0n) is 42.8. The van der Waals surface area contributed by atoms with E-state index in [0.717, 1.165) is 17.9 Å². The Hall–Kier alpha value is -2.85. The van der Waals surface area contributed by atoms with E-state index in [1.54, 1.807) is 6.92 Å². The van der Waals surface area contributed by atoms with Crippen LogP contribution in [0.5, 0.6) is 0 Å². The molecule has 7 rings (SSSR count). The lowest BCUT2D eigenvalue weighted by Crippen LogP contribution is -2.71. The number of amides is 3. The first kappa shape index (κ1) is 56.9. The minimum Gasteiger partial charge on any atom is -0.449 e. The Morgan fingerprint density at radius 3 is 2.19 bits per heavy atom. The lowest BCUT2D eigenvalue weighted by atomic mass is 9.44. The highest BCUT2D eigenvalue weighted by Crippen LogP contribution is 2.72. The van der Waals surface area contributed by atoms with E-state index in [2.05, 4.69) is 16.0 Å². The van der Waals surface area contributed by atoms with Crippen molar-refractivity contribution in [3.8, 4) is 0 Å². The van der Waals surface area contributed by atoms with Crippen molar-refractivity contribution in [3.63, 3.8) is 0 Å². The van der Waals surface area contributed by atoms with Crippen molar-refractivity contribution in [1.82, 2.24) is 16.0 Å². The highest BCUT2D eigenvalue weighted by Gasteiger charge is 2.80. The topological polar surface area (TPSA) is 206 Å². The maximum absolute atomic E-state index is 17.8. The molecule has 0 spiro atoms. The van der Waals surface area contributed by atoms with Crippen LogP contribution in [-0.2, 0) is 47.5 Å². The van der Waals surface area contributed by atoms with Gasteiger partial charge in [-0.15, -0.1) is 0 Å². The number of allylic oxidation sites excluding steroid dienone is 4. The van der Waals surface area contributed by atoms with E-state index in [9.17, 15) is 29.1 Å². The number of hydrogen-bond donors (Lipinski definition) is 4. The molecule has 16 nitrogen and oxygen atoms in total.